The smallest absolute Gasteiger partial charge is 0.226 e. The molecule has 5 aromatic carbocycles. The summed E-state index contributed by atoms with van der Waals surface area (Å²) in [6.45, 7) is 17.3. The summed E-state index contributed by atoms with van der Waals surface area (Å²) in [5, 5.41) is 20.0. The van der Waals surface area contributed by atoms with E-state index in [-0.39, 0.29) is 28.1 Å². The Hall–Kier alpha value is -6.81. The molecule has 7 rings (SSSR count). The molecule has 2 aliphatic rings. The lowest BCUT2D eigenvalue weighted by molar-refractivity contribution is -0.137. The SMILES string of the molecule is [C-]#[N+]/C(C#N)=C1/c2cc(-c3cc(F)cc(C(F)(F)F)c3)ccc2-c2cc3c(cc21)/C(=C(\C#N)[N+]#[C-])c1cc(-c2cc(C)cc(F)c2)ccc1-3. The number of rotatable bonds is 2. The van der Waals surface area contributed by atoms with E-state index in [2.05, 4.69) is 9.69 Å². The summed E-state index contributed by atoms with van der Waals surface area (Å²) in [7, 11) is 0. The molecule has 2 aliphatic carbocycles. The van der Waals surface area contributed by atoms with Gasteiger partial charge < -0.3 is 0 Å². The molecule has 0 saturated heterocycles. The van der Waals surface area contributed by atoms with Crippen molar-refractivity contribution in [2.24, 2.45) is 0 Å². The first kappa shape index (κ1) is 30.8. The number of nitrogens with zero attached hydrogens (tertiary/aromatic N) is 4. The van der Waals surface area contributed by atoms with E-state index in [1.807, 2.05) is 36.4 Å². The van der Waals surface area contributed by atoms with Gasteiger partial charge in [0, 0.05) is 11.1 Å². The van der Waals surface area contributed by atoms with Crippen LogP contribution in [0.15, 0.2) is 96.3 Å². The summed E-state index contributed by atoms with van der Waals surface area (Å²) in [6.07, 6.45) is -4.78. The standard InChI is InChI=1S/C40H17F5N4/c1-20-8-23(11-26(41)9-20)21-4-6-28-30-16-31-29-7-5-22(24-10-25(40(43,44)45)15-27(42)12-24)14-33(29)39(37(19-47)49-3)35(31)17-34(30)38(32(28)13-21)36(18-46)48-2/h4-17H,1H3/b38-36+,39-37-. The second kappa shape index (κ2) is 11.2. The van der Waals surface area contributed by atoms with Gasteiger partial charge in [-0.3, -0.25) is 0 Å². The van der Waals surface area contributed by atoms with Crippen molar-refractivity contribution in [2.45, 2.75) is 13.1 Å². The zero-order valence-electron chi connectivity index (χ0n) is 25.3. The molecule has 5 aromatic rings. The number of benzene rings is 5. The third-order valence-electron chi connectivity index (χ3n) is 8.70. The van der Waals surface area contributed by atoms with Crippen LogP contribution in [0, 0.1) is 54.4 Å². The van der Waals surface area contributed by atoms with Crippen LogP contribution >= 0.6 is 0 Å². The second-order valence-corrected chi connectivity index (χ2v) is 11.6. The van der Waals surface area contributed by atoms with Gasteiger partial charge in [0.25, 0.3) is 11.4 Å². The number of halogens is 5. The summed E-state index contributed by atoms with van der Waals surface area (Å²) < 4.78 is 69.3. The fourth-order valence-corrected chi connectivity index (χ4v) is 6.69. The van der Waals surface area contributed by atoms with Gasteiger partial charge >= 0.3 is 6.18 Å². The average molecular weight is 649 g/mol. The highest BCUT2D eigenvalue weighted by Crippen LogP contribution is 2.54. The van der Waals surface area contributed by atoms with Gasteiger partial charge in [0.05, 0.1) is 30.8 Å². The summed E-state index contributed by atoms with van der Waals surface area (Å²) in [6, 6.07) is 24.5. The molecule has 0 saturated carbocycles. The van der Waals surface area contributed by atoms with E-state index in [1.165, 1.54) is 18.2 Å². The number of allylic oxidation sites excluding steroid dienone is 2. The van der Waals surface area contributed by atoms with Gasteiger partial charge in [-0.1, -0.05) is 30.3 Å². The summed E-state index contributed by atoms with van der Waals surface area (Å²) in [4.78, 5) is 6.94. The van der Waals surface area contributed by atoms with Gasteiger partial charge in [-0.05, 0) is 134 Å². The highest BCUT2D eigenvalue weighted by molar-refractivity contribution is 6.11. The number of fused-ring (bicyclic) bond motifs is 6. The van der Waals surface area contributed by atoms with Crippen molar-refractivity contribution < 1.29 is 22.0 Å². The van der Waals surface area contributed by atoms with Gasteiger partial charge in [0.1, 0.15) is 11.6 Å². The molecule has 232 valence electrons. The largest absolute Gasteiger partial charge is 0.416 e. The molecular weight excluding hydrogens is 631 g/mol. The maximum absolute atomic E-state index is 14.4. The van der Waals surface area contributed by atoms with Crippen LogP contribution in [-0.4, -0.2) is 0 Å². The molecule has 0 atom stereocenters. The van der Waals surface area contributed by atoms with Crippen LogP contribution < -0.4 is 0 Å². The molecule has 9 heteroatoms. The Morgan fingerprint density at radius 3 is 1.45 bits per heavy atom. The number of nitriles is 2. The van der Waals surface area contributed by atoms with Gasteiger partial charge in [-0.15, -0.1) is 0 Å². The van der Waals surface area contributed by atoms with E-state index in [4.69, 9.17) is 13.1 Å². The zero-order chi connectivity index (χ0) is 34.8. The van der Waals surface area contributed by atoms with E-state index in [0.717, 1.165) is 17.7 Å². The second-order valence-electron chi connectivity index (χ2n) is 11.6. The van der Waals surface area contributed by atoms with E-state index in [0.29, 0.717) is 67.3 Å². The Labute approximate surface area is 277 Å². The lowest BCUT2D eigenvalue weighted by atomic mass is 9.94. The van der Waals surface area contributed by atoms with E-state index in [1.54, 1.807) is 31.2 Å². The van der Waals surface area contributed by atoms with Crippen molar-refractivity contribution in [3.8, 4) is 56.6 Å². The zero-order valence-corrected chi connectivity index (χ0v) is 25.3. The van der Waals surface area contributed by atoms with Crippen molar-refractivity contribution in [2.75, 3.05) is 0 Å². The molecule has 0 bridgehead atoms. The molecule has 0 aliphatic heterocycles. The molecule has 49 heavy (non-hydrogen) atoms. The van der Waals surface area contributed by atoms with Crippen LogP contribution in [0.5, 0.6) is 0 Å². The molecule has 4 nitrogen and oxygen atoms in total. The lowest BCUT2D eigenvalue weighted by Crippen LogP contribution is -2.05. The minimum absolute atomic E-state index is 0.0339. The minimum atomic E-state index is -4.78. The van der Waals surface area contributed by atoms with Gasteiger partial charge in [0.15, 0.2) is 0 Å². The summed E-state index contributed by atoms with van der Waals surface area (Å²) >= 11 is 0. The Kier molecular flexibility index (Phi) is 7.02. The van der Waals surface area contributed by atoms with Crippen molar-refractivity contribution in [1.29, 1.82) is 10.5 Å². The van der Waals surface area contributed by atoms with E-state index >= 15 is 0 Å². The van der Waals surface area contributed by atoms with Crippen LogP contribution in [-0.2, 0) is 6.18 Å². The summed E-state index contributed by atoms with van der Waals surface area (Å²) in [5.74, 6) is -1.47. The number of alkyl halides is 3. The summed E-state index contributed by atoms with van der Waals surface area (Å²) in [5.41, 5.74) is 5.75. The number of aryl methyl sites for hydroxylation is 1. The lowest BCUT2D eigenvalue weighted by Gasteiger charge is -2.11. The highest BCUT2D eigenvalue weighted by atomic mass is 19.4. The van der Waals surface area contributed by atoms with E-state index < -0.39 is 23.4 Å². The van der Waals surface area contributed by atoms with Crippen LogP contribution in [0.4, 0.5) is 22.0 Å². The van der Waals surface area contributed by atoms with Crippen molar-refractivity contribution >= 4 is 11.1 Å². The van der Waals surface area contributed by atoms with Gasteiger partial charge in [0.2, 0.25) is 0 Å². The van der Waals surface area contributed by atoms with Gasteiger partial charge in [-0.25, -0.2) is 29.0 Å². The number of hydrogen-bond donors (Lipinski definition) is 0. The van der Waals surface area contributed by atoms with Crippen LogP contribution in [0.25, 0.3) is 65.3 Å². The van der Waals surface area contributed by atoms with Gasteiger partial charge in [-0.2, -0.15) is 13.2 Å². The Morgan fingerprint density at radius 2 is 1.00 bits per heavy atom. The fourth-order valence-electron chi connectivity index (χ4n) is 6.69. The van der Waals surface area contributed by atoms with Crippen LogP contribution in [0.2, 0.25) is 0 Å². The highest BCUT2D eigenvalue weighted by Gasteiger charge is 2.35. The Bertz CT molecular complexity index is 2510. The fraction of sp³-hybridized carbons (Fsp3) is 0.0500. The normalized spacial score (nSPS) is 14.3. The predicted octanol–water partition coefficient (Wildman–Crippen LogP) is 11.0. The first-order valence-electron chi connectivity index (χ1n) is 14.6. The van der Waals surface area contributed by atoms with Crippen molar-refractivity contribution in [3.63, 3.8) is 0 Å². The quantitative estimate of drug-likeness (QED) is 0.106. The molecular formula is C40H17F5N4. The molecule has 0 radical (unpaired) electrons. The predicted molar refractivity (Wildman–Crippen MR) is 174 cm³/mol. The topological polar surface area (TPSA) is 56.3 Å². The molecule has 0 amide bonds. The molecule has 0 aromatic heterocycles. The molecule has 0 unspecified atom stereocenters. The maximum Gasteiger partial charge on any atom is 0.416 e. The third kappa shape index (κ3) is 4.94. The molecule has 0 heterocycles. The van der Waals surface area contributed by atoms with E-state index in [9.17, 15) is 32.5 Å². The molecule has 0 N–H and O–H groups in total. The van der Waals surface area contributed by atoms with Crippen molar-refractivity contribution in [1.82, 2.24) is 0 Å². The monoisotopic (exact) mass is 648 g/mol. The van der Waals surface area contributed by atoms with Crippen molar-refractivity contribution in [3.05, 3.63) is 164 Å². The number of hydrogen-bond acceptors (Lipinski definition) is 2. The first-order chi connectivity index (χ1) is 23.4. The average Bonchev–Trinajstić information content (AvgIpc) is 3.55. The minimum Gasteiger partial charge on any atom is -0.226 e. The maximum atomic E-state index is 14.4. The molecule has 0 spiro atoms. The molecule has 0 fully saturated rings. The first-order valence-corrected chi connectivity index (χ1v) is 14.6. The Balaban J connectivity index is 1.47. The van der Waals surface area contributed by atoms with Crippen LogP contribution in [0.1, 0.15) is 33.4 Å². The Morgan fingerprint density at radius 1 is 0.551 bits per heavy atom. The van der Waals surface area contributed by atoms with Crippen LogP contribution in [0.3, 0.4) is 0 Å². The third-order valence-corrected chi connectivity index (χ3v) is 8.70.